The number of carbonyl (C=O) groups excluding carboxylic acids is 1. The normalized spacial score (nSPS) is 18.1. The molecule has 0 radical (unpaired) electrons. The van der Waals surface area contributed by atoms with Crippen LogP contribution in [0.5, 0.6) is 11.8 Å². The van der Waals surface area contributed by atoms with Gasteiger partial charge in [-0.3, -0.25) is 4.79 Å². The molecule has 0 aliphatic heterocycles. The van der Waals surface area contributed by atoms with Crippen molar-refractivity contribution in [2.75, 3.05) is 6.61 Å². The van der Waals surface area contributed by atoms with Gasteiger partial charge >= 0.3 is 6.01 Å². The van der Waals surface area contributed by atoms with E-state index in [1.54, 1.807) is 0 Å². The fourth-order valence-corrected chi connectivity index (χ4v) is 4.01. The van der Waals surface area contributed by atoms with Gasteiger partial charge in [0.15, 0.2) is 6.61 Å². The van der Waals surface area contributed by atoms with Gasteiger partial charge in [0, 0.05) is 17.4 Å². The van der Waals surface area contributed by atoms with Gasteiger partial charge < -0.3 is 14.8 Å². The summed E-state index contributed by atoms with van der Waals surface area (Å²) < 4.78 is 11.6. The number of aromatic nitrogens is 2. The molecule has 0 atom stereocenters. The highest BCUT2D eigenvalue weighted by Gasteiger charge is 2.24. The number of carbonyl (C=O) groups is 1. The number of benzene rings is 2. The molecule has 166 valence electrons. The van der Waals surface area contributed by atoms with Crippen molar-refractivity contribution in [3.63, 3.8) is 0 Å². The van der Waals surface area contributed by atoms with Gasteiger partial charge in [-0.2, -0.15) is 0 Å². The number of ether oxygens (including phenoxy) is 2. The number of rotatable bonds is 7. The molecule has 1 aliphatic rings. The van der Waals surface area contributed by atoms with E-state index in [4.69, 9.17) is 9.47 Å². The van der Waals surface area contributed by atoms with Crippen molar-refractivity contribution < 1.29 is 14.3 Å². The van der Waals surface area contributed by atoms with E-state index in [2.05, 4.69) is 27.4 Å². The van der Waals surface area contributed by atoms with Crippen LogP contribution in [0.2, 0.25) is 0 Å². The molecule has 1 amide bonds. The molecule has 1 aliphatic carbocycles. The molecule has 0 unspecified atom stereocenters. The molecule has 1 aromatic heterocycles. The van der Waals surface area contributed by atoms with E-state index in [1.807, 2.05) is 62.4 Å². The Hall–Kier alpha value is -3.41. The van der Waals surface area contributed by atoms with Crippen molar-refractivity contribution in [3.8, 4) is 22.9 Å². The molecule has 1 heterocycles. The highest BCUT2D eigenvalue weighted by molar-refractivity contribution is 5.77. The third kappa shape index (κ3) is 6.06. The zero-order valence-corrected chi connectivity index (χ0v) is 18.6. The number of nitrogens with zero attached hydrogens (tertiary/aromatic N) is 2. The predicted molar refractivity (Wildman–Crippen MR) is 124 cm³/mol. The number of aryl methyl sites for hydroxylation is 2. The Balaban J connectivity index is 1.19. The smallest absolute Gasteiger partial charge is 0.317 e. The van der Waals surface area contributed by atoms with Crippen LogP contribution in [0.15, 0.2) is 60.7 Å². The Kier molecular flexibility index (Phi) is 7.00. The van der Waals surface area contributed by atoms with Crippen LogP contribution >= 0.6 is 0 Å². The van der Waals surface area contributed by atoms with E-state index in [1.165, 1.54) is 0 Å². The van der Waals surface area contributed by atoms with Crippen molar-refractivity contribution in [3.05, 3.63) is 72.1 Å². The predicted octanol–water partition coefficient (Wildman–Crippen LogP) is 4.65. The standard InChI is InChI=1S/C26H29N3O3/c1-18-16-19(2)28-26(27-18)32-24-14-10-22(11-15-24)29-25(30)17-31-23-12-8-21(9-13-23)20-6-4-3-5-7-20/h3-9,12-13,16,22,24H,10-11,14-15,17H2,1-2H3,(H,29,30). The van der Waals surface area contributed by atoms with Crippen LogP contribution in [0.4, 0.5) is 0 Å². The van der Waals surface area contributed by atoms with Gasteiger partial charge in [-0.1, -0.05) is 42.5 Å². The first kappa shape index (κ1) is 21.8. The third-order valence-electron chi connectivity index (χ3n) is 5.60. The lowest BCUT2D eigenvalue weighted by molar-refractivity contribution is -0.124. The van der Waals surface area contributed by atoms with Crippen LogP contribution in [0, 0.1) is 13.8 Å². The second-order valence-corrected chi connectivity index (χ2v) is 8.27. The van der Waals surface area contributed by atoms with Crippen molar-refractivity contribution in [2.24, 2.45) is 0 Å². The van der Waals surface area contributed by atoms with Gasteiger partial charge in [0.2, 0.25) is 0 Å². The summed E-state index contributed by atoms with van der Waals surface area (Å²) in [6.45, 7) is 3.89. The van der Waals surface area contributed by atoms with Crippen LogP contribution in [-0.4, -0.2) is 34.6 Å². The average molecular weight is 432 g/mol. The fraction of sp³-hybridized carbons (Fsp3) is 0.346. The lowest BCUT2D eigenvalue weighted by Crippen LogP contribution is -2.41. The largest absolute Gasteiger partial charge is 0.484 e. The molecule has 0 saturated heterocycles. The second kappa shape index (κ2) is 10.3. The number of hydrogen-bond donors (Lipinski definition) is 1. The second-order valence-electron chi connectivity index (χ2n) is 8.27. The third-order valence-corrected chi connectivity index (χ3v) is 5.60. The molecule has 4 rings (SSSR count). The maximum atomic E-state index is 12.3. The summed E-state index contributed by atoms with van der Waals surface area (Å²) >= 11 is 0. The van der Waals surface area contributed by atoms with Crippen LogP contribution in [-0.2, 0) is 4.79 Å². The number of nitrogens with one attached hydrogen (secondary N) is 1. The van der Waals surface area contributed by atoms with Gasteiger partial charge in [-0.25, -0.2) is 9.97 Å². The molecule has 0 spiro atoms. The monoisotopic (exact) mass is 431 g/mol. The Bertz CT molecular complexity index is 1010. The molecule has 1 saturated carbocycles. The van der Waals surface area contributed by atoms with Crippen LogP contribution in [0.25, 0.3) is 11.1 Å². The van der Waals surface area contributed by atoms with Gasteiger partial charge in [0.05, 0.1) is 0 Å². The van der Waals surface area contributed by atoms with Gasteiger partial charge in [0.25, 0.3) is 5.91 Å². The quantitative estimate of drug-likeness (QED) is 0.590. The molecule has 3 aromatic rings. The molecule has 6 nitrogen and oxygen atoms in total. The SMILES string of the molecule is Cc1cc(C)nc(OC2CCC(NC(=O)COc3ccc(-c4ccccc4)cc3)CC2)n1. The Morgan fingerprint density at radius 2 is 1.53 bits per heavy atom. The van der Waals surface area contributed by atoms with E-state index < -0.39 is 0 Å². The van der Waals surface area contributed by atoms with Crippen molar-refractivity contribution in [1.82, 2.24) is 15.3 Å². The van der Waals surface area contributed by atoms with Crippen molar-refractivity contribution in [2.45, 2.75) is 51.7 Å². The molecule has 1 N–H and O–H groups in total. The molecule has 1 fully saturated rings. The first-order valence-corrected chi connectivity index (χ1v) is 11.1. The van der Waals surface area contributed by atoms with Crippen LogP contribution in [0.1, 0.15) is 37.1 Å². The summed E-state index contributed by atoms with van der Waals surface area (Å²) in [6, 6.07) is 20.5. The average Bonchev–Trinajstić information content (AvgIpc) is 2.79. The van der Waals surface area contributed by atoms with Gasteiger partial charge in [-0.15, -0.1) is 0 Å². The molecular formula is C26H29N3O3. The van der Waals surface area contributed by atoms with E-state index in [-0.39, 0.29) is 24.7 Å². The van der Waals surface area contributed by atoms with Gasteiger partial charge in [0.1, 0.15) is 11.9 Å². The van der Waals surface area contributed by atoms with Gasteiger partial charge in [-0.05, 0) is 68.9 Å². The van der Waals surface area contributed by atoms with Crippen molar-refractivity contribution >= 4 is 5.91 Å². The Morgan fingerprint density at radius 1 is 0.906 bits per heavy atom. The van der Waals surface area contributed by atoms with E-state index in [9.17, 15) is 4.79 Å². The highest BCUT2D eigenvalue weighted by Crippen LogP contribution is 2.24. The minimum absolute atomic E-state index is 0.0114. The topological polar surface area (TPSA) is 73.3 Å². The Labute approximate surface area is 189 Å². The Morgan fingerprint density at radius 3 is 2.19 bits per heavy atom. The van der Waals surface area contributed by atoms with Crippen LogP contribution < -0.4 is 14.8 Å². The first-order valence-electron chi connectivity index (χ1n) is 11.1. The summed E-state index contributed by atoms with van der Waals surface area (Å²) in [5.41, 5.74) is 4.08. The van der Waals surface area contributed by atoms with Crippen molar-refractivity contribution in [1.29, 1.82) is 0 Å². The molecule has 0 bridgehead atoms. The van der Waals surface area contributed by atoms with E-state index in [0.717, 1.165) is 48.2 Å². The fourth-order valence-electron chi connectivity index (χ4n) is 4.01. The zero-order chi connectivity index (χ0) is 22.3. The van der Waals surface area contributed by atoms with E-state index >= 15 is 0 Å². The maximum absolute atomic E-state index is 12.3. The maximum Gasteiger partial charge on any atom is 0.317 e. The number of hydrogen-bond acceptors (Lipinski definition) is 5. The summed E-state index contributed by atoms with van der Waals surface area (Å²) in [5, 5.41) is 3.08. The van der Waals surface area contributed by atoms with Crippen LogP contribution in [0.3, 0.4) is 0 Å². The first-order chi connectivity index (χ1) is 15.5. The molecular weight excluding hydrogens is 402 g/mol. The minimum Gasteiger partial charge on any atom is -0.484 e. The lowest BCUT2D eigenvalue weighted by Gasteiger charge is -2.29. The molecule has 32 heavy (non-hydrogen) atoms. The number of amides is 1. The summed E-state index contributed by atoms with van der Waals surface area (Å²) in [6.07, 6.45) is 3.55. The molecule has 6 heteroatoms. The summed E-state index contributed by atoms with van der Waals surface area (Å²) in [5.74, 6) is 0.588. The minimum atomic E-state index is -0.0980. The lowest BCUT2D eigenvalue weighted by atomic mass is 9.93. The summed E-state index contributed by atoms with van der Waals surface area (Å²) in [7, 11) is 0. The zero-order valence-electron chi connectivity index (χ0n) is 18.6. The summed E-state index contributed by atoms with van der Waals surface area (Å²) in [4.78, 5) is 21.0. The van der Waals surface area contributed by atoms with E-state index in [0.29, 0.717) is 11.8 Å². The highest BCUT2D eigenvalue weighted by atomic mass is 16.5. The molecule has 2 aromatic carbocycles.